The normalized spacial score (nSPS) is 10.4. The summed E-state index contributed by atoms with van der Waals surface area (Å²) in [6.07, 6.45) is 1.52. The third-order valence-electron chi connectivity index (χ3n) is 1.59. The average molecular weight is 229 g/mol. The lowest BCUT2D eigenvalue weighted by atomic mass is 10.2. The minimum Gasteiger partial charge on any atom is -0.273 e. The Labute approximate surface area is 93.6 Å². The van der Waals surface area contributed by atoms with Gasteiger partial charge in [0.2, 0.25) is 0 Å². The zero-order chi connectivity index (χ0) is 11.3. The number of aromatic nitrogens is 1. The van der Waals surface area contributed by atoms with Crippen LogP contribution in [0.5, 0.6) is 0 Å². The first-order chi connectivity index (χ1) is 7.11. The summed E-state index contributed by atoms with van der Waals surface area (Å²) in [6.45, 7) is 4.44. The predicted molar refractivity (Wildman–Crippen MR) is 57.5 cm³/mol. The maximum atomic E-state index is 11.5. The zero-order valence-electron chi connectivity index (χ0n) is 8.66. The van der Waals surface area contributed by atoms with E-state index in [4.69, 9.17) is 16.4 Å². The molecule has 0 bridgehead atoms. The summed E-state index contributed by atoms with van der Waals surface area (Å²) in [5, 5.41) is 0.170. The monoisotopic (exact) mass is 228 g/mol. The maximum absolute atomic E-state index is 11.5. The lowest BCUT2D eigenvalue weighted by Gasteiger charge is -2.07. The molecular weight excluding hydrogens is 216 g/mol. The van der Waals surface area contributed by atoms with Crippen LogP contribution < -0.4 is 5.48 Å². The fourth-order valence-electron chi connectivity index (χ4n) is 0.884. The van der Waals surface area contributed by atoms with E-state index in [2.05, 4.69) is 10.5 Å². The van der Waals surface area contributed by atoms with Gasteiger partial charge in [0.15, 0.2) is 0 Å². The summed E-state index contributed by atoms with van der Waals surface area (Å²) in [5.74, 6) is -0.0246. The predicted octanol–water partition coefficient (Wildman–Crippen LogP) is 2.05. The van der Waals surface area contributed by atoms with Crippen LogP contribution in [0.15, 0.2) is 18.3 Å². The van der Waals surface area contributed by atoms with Gasteiger partial charge in [0.1, 0.15) is 5.15 Å². The Kier molecular flexibility index (Phi) is 4.52. The molecule has 1 aromatic rings. The Balaban J connectivity index is 2.51. The molecule has 0 unspecified atom stereocenters. The van der Waals surface area contributed by atoms with Crippen LogP contribution in [0.2, 0.25) is 5.15 Å². The fraction of sp³-hybridized carbons (Fsp3) is 0.400. The van der Waals surface area contributed by atoms with E-state index in [-0.39, 0.29) is 11.1 Å². The number of rotatable bonds is 4. The van der Waals surface area contributed by atoms with Gasteiger partial charge in [-0.3, -0.25) is 9.63 Å². The van der Waals surface area contributed by atoms with E-state index in [1.165, 1.54) is 6.20 Å². The van der Waals surface area contributed by atoms with E-state index in [0.29, 0.717) is 18.1 Å². The highest BCUT2D eigenvalue weighted by Crippen LogP contribution is 2.10. The first kappa shape index (κ1) is 11.9. The van der Waals surface area contributed by atoms with Gasteiger partial charge in [-0.1, -0.05) is 25.4 Å². The highest BCUT2D eigenvalue weighted by molar-refractivity contribution is 6.32. The van der Waals surface area contributed by atoms with Crippen molar-refractivity contribution in [1.29, 1.82) is 0 Å². The molecule has 1 N–H and O–H groups in total. The van der Waals surface area contributed by atoms with Crippen molar-refractivity contribution in [3.8, 4) is 0 Å². The van der Waals surface area contributed by atoms with Crippen molar-refractivity contribution >= 4 is 17.5 Å². The summed E-state index contributed by atoms with van der Waals surface area (Å²) < 4.78 is 0. The quantitative estimate of drug-likeness (QED) is 0.634. The fourth-order valence-corrected chi connectivity index (χ4v) is 1.09. The van der Waals surface area contributed by atoms with Crippen LogP contribution in [0.3, 0.4) is 0 Å². The first-order valence-electron chi connectivity index (χ1n) is 4.64. The van der Waals surface area contributed by atoms with Crippen LogP contribution >= 0.6 is 11.6 Å². The molecule has 82 valence electrons. The van der Waals surface area contributed by atoms with Crippen LogP contribution in [0, 0.1) is 5.92 Å². The van der Waals surface area contributed by atoms with Gasteiger partial charge < -0.3 is 0 Å². The van der Waals surface area contributed by atoms with Gasteiger partial charge in [0.25, 0.3) is 5.91 Å². The summed E-state index contributed by atoms with van der Waals surface area (Å²) in [7, 11) is 0. The van der Waals surface area contributed by atoms with Crippen molar-refractivity contribution in [2.45, 2.75) is 13.8 Å². The minimum absolute atomic E-state index is 0.170. The highest BCUT2D eigenvalue weighted by Gasteiger charge is 2.10. The molecule has 0 radical (unpaired) electrons. The molecule has 0 saturated heterocycles. The molecule has 0 fully saturated rings. The van der Waals surface area contributed by atoms with E-state index < -0.39 is 0 Å². The molecule has 1 aromatic heterocycles. The second kappa shape index (κ2) is 5.68. The smallest absolute Gasteiger partial charge is 0.273 e. The van der Waals surface area contributed by atoms with Crippen molar-refractivity contribution < 1.29 is 9.63 Å². The minimum atomic E-state index is -0.381. The van der Waals surface area contributed by atoms with Crippen LogP contribution in [-0.4, -0.2) is 17.5 Å². The molecule has 0 spiro atoms. The van der Waals surface area contributed by atoms with Gasteiger partial charge >= 0.3 is 0 Å². The Morgan fingerprint density at radius 3 is 3.00 bits per heavy atom. The third-order valence-corrected chi connectivity index (χ3v) is 1.89. The number of carbonyl (C=O) groups excluding carboxylic acids is 1. The van der Waals surface area contributed by atoms with E-state index >= 15 is 0 Å². The topological polar surface area (TPSA) is 51.2 Å². The number of hydrogen-bond donors (Lipinski definition) is 1. The second-order valence-electron chi connectivity index (χ2n) is 3.48. The first-order valence-corrected chi connectivity index (χ1v) is 5.01. The van der Waals surface area contributed by atoms with E-state index in [1.54, 1.807) is 12.1 Å². The standard InChI is InChI=1S/C10H13ClN2O2/c1-7(2)6-15-13-10(14)8-4-3-5-12-9(8)11/h3-5,7H,6H2,1-2H3,(H,13,14). The number of hydroxylamine groups is 1. The largest absolute Gasteiger partial charge is 0.277 e. The second-order valence-corrected chi connectivity index (χ2v) is 3.84. The van der Waals surface area contributed by atoms with E-state index in [9.17, 15) is 4.79 Å². The summed E-state index contributed by atoms with van der Waals surface area (Å²) in [4.78, 5) is 20.3. The molecule has 1 heterocycles. The van der Waals surface area contributed by atoms with Gasteiger partial charge in [-0.05, 0) is 18.1 Å². The van der Waals surface area contributed by atoms with Crippen LogP contribution in [0.25, 0.3) is 0 Å². The Morgan fingerprint density at radius 2 is 2.40 bits per heavy atom. The van der Waals surface area contributed by atoms with Gasteiger partial charge in [-0.25, -0.2) is 10.5 Å². The number of nitrogens with zero attached hydrogens (tertiary/aromatic N) is 1. The molecule has 1 amide bonds. The number of nitrogens with one attached hydrogen (secondary N) is 1. The number of amides is 1. The number of halogens is 1. The Hall–Kier alpha value is -1.13. The molecule has 4 nitrogen and oxygen atoms in total. The van der Waals surface area contributed by atoms with Crippen molar-refractivity contribution in [2.75, 3.05) is 6.61 Å². The molecule has 15 heavy (non-hydrogen) atoms. The summed E-state index contributed by atoms with van der Waals surface area (Å²) >= 11 is 5.73. The van der Waals surface area contributed by atoms with Crippen molar-refractivity contribution in [3.63, 3.8) is 0 Å². The Morgan fingerprint density at radius 1 is 1.67 bits per heavy atom. The highest BCUT2D eigenvalue weighted by atomic mass is 35.5. The number of carbonyl (C=O) groups is 1. The maximum Gasteiger partial charge on any atom is 0.277 e. The summed E-state index contributed by atoms with van der Waals surface area (Å²) in [5.41, 5.74) is 2.62. The van der Waals surface area contributed by atoms with E-state index in [1.807, 2.05) is 13.8 Å². The van der Waals surface area contributed by atoms with Crippen molar-refractivity contribution in [1.82, 2.24) is 10.5 Å². The molecule has 1 rings (SSSR count). The van der Waals surface area contributed by atoms with Crippen molar-refractivity contribution in [2.24, 2.45) is 5.92 Å². The lowest BCUT2D eigenvalue weighted by Crippen LogP contribution is -2.26. The molecule has 0 aromatic carbocycles. The van der Waals surface area contributed by atoms with Crippen LogP contribution in [0.4, 0.5) is 0 Å². The molecule has 0 aliphatic carbocycles. The van der Waals surface area contributed by atoms with Gasteiger partial charge in [0.05, 0.1) is 12.2 Å². The number of hydrogen-bond acceptors (Lipinski definition) is 3. The summed E-state index contributed by atoms with van der Waals surface area (Å²) in [6, 6.07) is 3.23. The molecule has 0 aliphatic rings. The zero-order valence-corrected chi connectivity index (χ0v) is 9.41. The van der Waals surface area contributed by atoms with Gasteiger partial charge in [0, 0.05) is 6.20 Å². The van der Waals surface area contributed by atoms with Crippen LogP contribution in [-0.2, 0) is 4.84 Å². The van der Waals surface area contributed by atoms with E-state index in [0.717, 1.165) is 0 Å². The molecule has 0 saturated carbocycles. The Bertz CT molecular complexity index is 342. The van der Waals surface area contributed by atoms with Crippen LogP contribution in [0.1, 0.15) is 24.2 Å². The molecule has 5 heteroatoms. The lowest BCUT2D eigenvalue weighted by molar-refractivity contribution is 0.0208. The van der Waals surface area contributed by atoms with Crippen molar-refractivity contribution in [3.05, 3.63) is 29.0 Å². The molecule has 0 aliphatic heterocycles. The molecular formula is C10H13ClN2O2. The SMILES string of the molecule is CC(C)CONC(=O)c1cccnc1Cl. The van der Waals surface area contributed by atoms with Gasteiger partial charge in [-0.15, -0.1) is 0 Å². The molecule has 0 atom stereocenters. The average Bonchev–Trinajstić information content (AvgIpc) is 2.17. The third kappa shape index (κ3) is 3.85. The van der Waals surface area contributed by atoms with Gasteiger partial charge in [-0.2, -0.15) is 0 Å². The number of pyridine rings is 1.